The third-order valence-electron chi connectivity index (χ3n) is 2.39. The van der Waals surface area contributed by atoms with Gasteiger partial charge in [-0.3, -0.25) is 4.68 Å². The summed E-state index contributed by atoms with van der Waals surface area (Å²) < 4.78 is 38.9. The molecule has 16 heavy (non-hydrogen) atoms. The lowest BCUT2D eigenvalue weighted by Gasteiger charge is -2.05. The fraction of sp³-hybridized carbons (Fsp3) is 0.444. The Hall–Kier alpha value is -1.66. The molecule has 0 aliphatic rings. The Kier molecular flexibility index (Phi) is 2.14. The van der Waals surface area contributed by atoms with Crippen molar-refractivity contribution in [2.45, 2.75) is 20.0 Å². The summed E-state index contributed by atoms with van der Waals surface area (Å²) in [4.78, 5) is 6.92. The van der Waals surface area contributed by atoms with Gasteiger partial charge >= 0.3 is 6.18 Å². The maximum atomic E-state index is 12.5. The van der Waals surface area contributed by atoms with E-state index in [9.17, 15) is 13.2 Å². The molecule has 0 amide bonds. The zero-order valence-corrected chi connectivity index (χ0v) is 8.92. The number of aromatic nitrogens is 4. The predicted molar refractivity (Wildman–Crippen MR) is 50.8 cm³/mol. The molecule has 7 heteroatoms. The van der Waals surface area contributed by atoms with E-state index in [4.69, 9.17) is 0 Å². The summed E-state index contributed by atoms with van der Waals surface area (Å²) in [5, 5.41) is 4.06. The van der Waals surface area contributed by atoms with Crippen LogP contribution in [0.2, 0.25) is 0 Å². The van der Waals surface area contributed by atoms with E-state index in [1.165, 1.54) is 11.6 Å². The number of rotatable bonds is 0. The number of halogens is 3. The second kappa shape index (κ2) is 3.16. The van der Waals surface area contributed by atoms with Gasteiger partial charge in [-0.15, -0.1) is 0 Å². The van der Waals surface area contributed by atoms with Gasteiger partial charge in [0.25, 0.3) is 0 Å². The van der Waals surface area contributed by atoms with Crippen molar-refractivity contribution in [2.75, 3.05) is 0 Å². The first kappa shape index (κ1) is 10.8. The van der Waals surface area contributed by atoms with E-state index in [1.807, 2.05) is 0 Å². The molecule has 0 saturated carbocycles. The topological polar surface area (TPSA) is 43.6 Å². The van der Waals surface area contributed by atoms with Crippen LogP contribution in [0.1, 0.15) is 17.2 Å². The zero-order chi connectivity index (χ0) is 12.1. The average molecular weight is 230 g/mol. The van der Waals surface area contributed by atoms with Crippen molar-refractivity contribution in [1.82, 2.24) is 19.7 Å². The van der Waals surface area contributed by atoms with Crippen LogP contribution in [0, 0.1) is 13.8 Å². The van der Waals surface area contributed by atoms with Gasteiger partial charge < -0.3 is 0 Å². The lowest BCUT2D eigenvalue weighted by atomic mass is 10.3. The third-order valence-corrected chi connectivity index (χ3v) is 2.39. The zero-order valence-electron chi connectivity index (χ0n) is 8.92. The number of hydrogen-bond acceptors (Lipinski definition) is 3. The van der Waals surface area contributed by atoms with Crippen molar-refractivity contribution in [2.24, 2.45) is 7.05 Å². The number of alkyl halides is 3. The van der Waals surface area contributed by atoms with Gasteiger partial charge in [-0.05, 0) is 13.8 Å². The van der Waals surface area contributed by atoms with E-state index in [0.717, 1.165) is 0 Å². The van der Waals surface area contributed by atoms with Crippen molar-refractivity contribution in [3.63, 3.8) is 0 Å². The van der Waals surface area contributed by atoms with Gasteiger partial charge in [0.15, 0.2) is 0 Å². The van der Waals surface area contributed by atoms with E-state index in [2.05, 4.69) is 15.1 Å². The van der Waals surface area contributed by atoms with Crippen LogP contribution in [-0.4, -0.2) is 19.7 Å². The Balaban J connectivity index is 2.80. The summed E-state index contributed by atoms with van der Waals surface area (Å²) in [6.07, 6.45) is -4.53. The summed E-state index contributed by atoms with van der Waals surface area (Å²) in [5.41, 5.74) is 1.49. The van der Waals surface area contributed by atoms with E-state index in [1.54, 1.807) is 14.0 Å². The largest absolute Gasteiger partial charge is 0.451 e. The molecule has 4 nitrogen and oxygen atoms in total. The Bertz CT molecular complexity index is 556. The van der Waals surface area contributed by atoms with Crippen molar-refractivity contribution in [3.8, 4) is 0 Å². The highest BCUT2D eigenvalue weighted by Crippen LogP contribution is 2.28. The molecule has 0 saturated heterocycles. The summed E-state index contributed by atoms with van der Waals surface area (Å²) >= 11 is 0. The van der Waals surface area contributed by atoms with Crippen LogP contribution in [0.5, 0.6) is 0 Å². The molecule has 0 unspecified atom stereocenters. The van der Waals surface area contributed by atoms with Gasteiger partial charge in [0.2, 0.25) is 5.82 Å². The lowest BCUT2D eigenvalue weighted by molar-refractivity contribution is -0.144. The van der Waals surface area contributed by atoms with Crippen molar-refractivity contribution >= 4 is 11.0 Å². The average Bonchev–Trinajstić information content (AvgIpc) is 2.44. The molecule has 0 atom stereocenters. The van der Waals surface area contributed by atoms with Crippen molar-refractivity contribution < 1.29 is 13.2 Å². The molecule has 0 aliphatic carbocycles. The van der Waals surface area contributed by atoms with E-state index < -0.39 is 12.0 Å². The number of nitrogens with zero attached hydrogens (tertiary/aromatic N) is 4. The van der Waals surface area contributed by atoms with E-state index >= 15 is 0 Å². The number of hydrogen-bond donors (Lipinski definition) is 0. The molecule has 0 aliphatic heterocycles. The van der Waals surface area contributed by atoms with Gasteiger partial charge in [-0.2, -0.15) is 18.3 Å². The van der Waals surface area contributed by atoms with Gasteiger partial charge in [-0.1, -0.05) is 0 Å². The molecule has 2 heterocycles. The molecule has 0 aromatic carbocycles. The summed E-state index contributed by atoms with van der Waals surface area (Å²) in [5.74, 6) is -1.12. The summed E-state index contributed by atoms with van der Waals surface area (Å²) in [6, 6.07) is 0. The van der Waals surface area contributed by atoms with Gasteiger partial charge in [0.05, 0.1) is 11.4 Å². The molecule has 2 rings (SSSR count). The second-order valence-corrected chi connectivity index (χ2v) is 3.54. The van der Waals surface area contributed by atoms with E-state index in [0.29, 0.717) is 11.2 Å². The van der Waals surface area contributed by atoms with Gasteiger partial charge in [-0.25, -0.2) is 9.97 Å². The quantitative estimate of drug-likeness (QED) is 0.695. The monoisotopic (exact) mass is 230 g/mol. The number of fused-ring (bicyclic) bond motifs is 1. The minimum absolute atomic E-state index is 0.237. The Morgan fingerprint density at radius 2 is 1.69 bits per heavy atom. The van der Waals surface area contributed by atoms with Crippen LogP contribution < -0.4 is 0 Å². The van der Waals surface area contributed by atoms with Crippen molar-refractivity contribution in [1.29, 1.82) is 0 Å². The molecule has 0 fully saturated rings. The summed E-state index contributed by atoms with van der Waals surface area (Å²) in [7, 11) is 1.66. The standard InChI is InChI=1S/C9H9F3N4/c1-4-6-7(5(2)16(3)15-6)14-8(13-4)9(10,11)12/h1-3H3. The molecule has 0 bridgehead atoms. The highest BCUT2D eigenvalue weighted by Gasteiger charge is 2.35. The van der Waals surface area contributed by atoms with Crippen LogP contribution in [-0.2, 0) is 13.2 Å². The maximum Gasteiger partial charge on any atom is 0.451 e. The molecule has 86 valence electrons. The fourth-order valence-corrected chi connectivity index (χ4v) is 1.44. The first-order chi connectivity index (χ1) is 7.30. The normalized spacial score (nSPS) is 12.4. The SMILES string of the molecule is Cc1nc(C(F)(F)F)nc2c(C)n(C)nc12. The first-order valence-electron chi connectivity index (χ1n) is 4.56. The van der Waals surface area contributed by atoms with Gasteiger partial charge in [0, 0.05) is 7.05 Å². The van der Waals surface area contributed by atoms with Crippen molar-refractivity contribution in [3.05, 3.63) is 17.2 Å². The second-order valence-electron chi connectivity index (χ2n) is 3.54. The van der Waals surface area contributed by atoms with Crippen LogP contribution in [0.4, 0.5) is 13.2 Å². The molecule has 2 aromatic rings. The molecule has 0 radical (unpaired) electrons. The summed E-state index contributed by atoms with van der Waals surface area (Å²) in [6.45, 7) is 3.16. The minimum Gasteiger partial charge on any atom is -0.270 e. The van der Waals surface area contributed by atoms with Crippen LogP contribution >= 0.6 is 0 Å². The minimum atomic E-state index is -4.53. The molecular weight excluding hydrogens is 221 g/mol. The van der Waals surface area contributed by atoms with Crippen LogP contribution in [0.3, 0.4) is 0 Å². The highest BCUT2D eigenvalue weighted by molar-refractivity contribution is 5.78. The highest BCUT2D eigenvalue weighted by atomic mass is 19.4. The number of aryl methyl sites for hydroxylation is 3. The molecular formula is C9H9F3N4. The van der Waals surface area contributed by atoms with Crippen LogP contribution in [0.25, 0.3) is 11.0 Å². The molecule has 2 aromatic heterocycles. The van der Waals surface area contributed by atoms with Gasteiger partial charge in [0.1, 0.15) is 11.0 Å². The smallest absolute Gasteiger partial charge is 0.270 e. The first-order valence-corrected chi connectivity index (χ1v) is 4.56. The Morgan fingerprint density at radius 3 is 2.25 bits per heavy atom. The van der Waals surface area contributed by atoms with E-state index in [-0.39, 0.29) is 11.2 Å². The Morgan fingerprint density at radius 1 is 1.06 bits per heavy atom. The maximum absolute atomic E-state index is 12.5. The third kappa shape index (κ3) is 1.52. The predicted octanol–water partition coefficient (Wildman–Crippen LogP) is 2.00. The van der Waals surface area contributed by atoms with Crippen LogP contribution in [0.15, 0.2) is 0 Å². The molecule has 0 spiro atoms. The fourth-order valence-electron chi connectivity index (χ4n) is 1.44. The lowest BCUT2D eigenvalue weighted by Crippen LogP contribution is -2.11. The molecule has 0 N–H and O–H groups in total. The Labute approximate surface area is 89.1 Å².